The van der Waals surface area contributed by atoms with Crippen LogP contribution in [0.5, 0.6) is 0 Å². The normalized spacial score (nSPS) is 15.1. The van der Waals surface area contributed by atoms with Gasteiger partial charge in [-0.2, -0.15) is 0 Å². The largest absolute Gasteiger partial charge is 0.353 e. The van der Waals surface area contributed by atoms with Crippen LogP contribution in [0.1, 0.15) is 5.56 Å². The Kier molecular flexibility index (Phi) is 3.44. The maximum Gasteiger partial charge on any atom is 0.182 e. The van der Waals surface area contributed by atoms with Crippen molar-refractivity contribution in [1.82, 2.24) is 24.9 Å². The van der Waals surface area contributed by atoms with Gasteiger partial charge in [0.05, 0.1) is 11.8 Å². The van der Waals surface area contributed by atoms with Gasteiger partial charge in [-0.3, -0.25) is 0 Å². The molecule has 0 amide bonds. The van der Waals surface area contributed by atoms with Crippen LogP contribution in [-0.2, 0) is 0 Å². The standard InChI is InChI=1S/C19H19N7/c1-13-10-16(24-15-5-3-2-4-14(13)15)25-6-8-26(9-7-25)19-17-18(21-11-20-17)22-12-23-19/h2-5,10-12H,6-9H2,1H3,(H,20,21,22,23). The third-order valence-corrected chi connectivity index (χ3v) is 5.02. The predicted octanol–water partition coefficient (Wildman–Crippen LogP) is 2.54. The highest BCUT2D eigenvalue weighted by Crippen LogP contribution is 2.25. The number of hydrogen-bond donors (Lipinski definition) is 1. The number of nitrogens with one attached hydrogen (secondary N) is 1. The molecule has 0 spiro atoms. The number of aromatic nitrogens is 5. The molecule has 0 bridgehead atoms. The van der Waals surface area contributed by atoms with Crippen LogP contribution in [0, 0.1) is 6.92 Å². The number of aromatic amines is 1. The first kappa shape index (κ1) is 15.1. The number of H-pyrrole nitrogens is 1. The van der Waals surface area contributed by atoms with Crippen molar-refractivity contribution >= 4 is 33.7 Å². The second-order valence-corrected chi connectivity index (χ2v) is 6.59. The molecule has 1 fully saturated rings. The second kappa shape index (κ2) is 5.94. The Morgan fingerprint density at radius 1 is 0.962 bits per heavy atom. The summed E-state index contributed by atoms with van der Waals surface area (Å²) in [6, 6.07) is 10.5. The highest BCUT2D eigenvalue weighted by Gasteiger charge is 2.22. The maximum atomic E-state index is 4.86. The Morgan fingerprint density at radius 2 is 1.77 bits per heavy atom. The van der Waals surface area contributed by atoms with Crippen molar-refractivity contribution in [2.45, 2.75) is 6.92 Å². The van der Waals surface area contributed by atoms with E-state index < -0.39 is 0 Å². The number of anilines is 2. The van der Waals surface area contributed by atoms with Crippen molar-refractivity contribution in [2.75, 3.05) is 36.0 Å². The van der Waals surface area contributed by atoms with Crippen LogP contribution in [-0.4, -0.2) is 51.1 Å². The maximum absolute atomic E-state index is 4.86. The van der Waals surface area contributed by atoms with E-state index in [9.17, 15) is 0 Å². The second-order valence-electron chi connectivity index (χ2n) is 6.59. The SMILES string of the molecule is Cc1cc(N2CCN(c3ncnc4nc[nH]c34)CC2)nc2ccccc12. The van der Waals surface area contributed by atoms with Gasteiger partial charge in [0.15, 0.2) is 11.5 Å². The fourth-order valence-electron chi connectivity index (χ4n) is 3.63. The van der Waals surface area contributed by atoms with Crippen LogP contribution < -0.4 is 9.80 Å². The Hall–Kier alpha value is -3.22. The van der Waals surface area contributed by atoms with Gasteiger partial charge in [0.2, 0.25) is 0 Å². The molecule has 0 saturated carbocycles. The summed E-state index contributed by atoms with van der Waals surface area (Å²) in [5, 5.41) is 1.22. The Morgan fingerprint density at radius 3 is 2.65 bits per heavy atom. The van der Waals surface area contributed by atoms with Crippen LogP contribution in [0.2, 0.25) is 0 Å². The van der Waals surface area contributed by atoms with E-state index in [1.165, 1.54) is 10.9 Å². The lowest BCUT2D eigenvalue weighted by Crippen LogP contribution is -2.47. The summed E-state index contributed by atoms with van der Waals surface area (Å²) in [4.78, 5) is 25.5. The molecule has 4 heterocycles. The molecule has 1 saturated heterocycles. The molecular formula is C19H19N7. The number of aryl methyl sites for hydroxylation is 1. The summed E-state index contributed by atoms with van der Waals surface area (Å²) in [6.45, 7) is 5.74. The van der Waals surface area contributed by atoms with Crippen LogP contribution in [0.25, 0.3) is 22.1 Å². The van der Waals surface area contributed by atoms with Crippen LogP contribution in [0.3, 0.4) is 0 Å². The first-order valence-corrected chi connectivity index (χ1v) is 8.80. The number of benzene rings is 1. The van der Waals surface area contributed by atoms with Gasteiger partial charge in [-0.15, -0.1) is 0 Å². The van der Waals surface area contributed by atoms with Gasteiger partial charge in [-0.05, 0) is 24.6 Å². The van der Waals surface area contributed by atoms with Gasteiger partial charge in [-0.1, -0.05) is 18.2 Å². The van der Waals surface area contributed by atoms with Crippen LogP contribution in [0.15, 0.2) is 43.0 Å². The van der Waals surface area contributed by atoms with Crippen molar-refractivity contribution < 1.29 is 0 Å². The van der Waals surface area contributed by atoms with Crippen molar-refractivity contribution in [1.29, 1.82) is 0 Å². The number of nitrogens with zero attached hydrogens (tertiary/aromatic N) is 6. The molecule has 1 N–H and O–H groups in total. The zero-order valence-corrected chi connectivity index (χ0v) is 14.6. The number of fused-ring (bicyclic) bond motifs is 2. The minimum atomic E-state index is 0.712. The number of piperazine rings is 1. The molecular weight excluding hydrogens is 326 g/mol. The van der Waals surface area contributed by atoms with E-state index in [4.69, 9.17) is 4.98 Å². The summed E-state index contributed by atoms with van der Waals surface area (Å²) in [6.07, 6.45) is 3.25. The lowest BCUT2D eigenvalue weighted by Gasteiger charge is -2.36. The average molecular weight is 345 g/mol. The smallest absolute Gasteiger partial charge is 0.182 e. The van der Waals surface area contributed by atoms with Crippen molar-refractivity contribution in [3.63, 3.8) is 0 Å². The average Bonchev–Trinajstić information content (AvgIpc) is 3.17. The summed E-state index contributed by atoms with van der Waals surface area (Å²) in [5.41, 5.74) is 3.94. The predicted molar refractivity (Wildman–Crippen MR) is 103 cm³/mol. The van der Waals surface area contributed by atoms with E-state index in [0.717, 1.165) is 48.8 Å². The number of hydrogen-bond acceptors (Lipinski definition) is 6. The van der Waals surface area contributed by atoms with E-state index in [1.807, 2.05) is 6.07 Å². The van der Waals surface area contributed by atoms with Crippen molar-refractivity contribution in [3.8, 4) is 0 Å². The lowest BCUT2D eigenvalue weighted by atomic mass is 10.1. The van der Waals surface area contributed by atoms with Crippen LogP contribution in [0.4, 0.5) is 11.6 Å². The first-order chi connectivity index (χ1) is 12.8. The topological polar surface area (TPSA) is 73.8 Å². The molecule has 0 unspecified atom stereocenters. The molecule has 0 atom stereocenters. The van der Waals surface area contributed by atoms with E-state index >= 15 is 0 Å². The van der Waals surface area contributed by atoms with Crippen molar-refractivity contribution in [2.24, 2.45) is 0 Å². The molecule has 7 nitrogen and oxygen atoms in total. The monoisotopic (exact) mass is 345 g/mol. The summed E-state index contributed by atoms with van der Waals surface area (Å²) < 4.78 is 0. The zero-order chi connectivity index (χ0) is 17.5. The van der Waals surface area contributed by atoms with Gasteiger partial charge < -0.3 is 14.8 Å². The third kappa shape index (κ3) is 2.44. The summed E-state index contributed by atoms with van der Waals surface area (Å²) in [7, 11) is 0. The molecule has 1 aliphatic rings. The number of imidazole rings is 1. The van der Waals surface area contributed by atoms with Gasteiger partial charge in [0.25, 0.3) is 0 Å². The van der Waals surface area contributed by atoms with Gasteiger partial charge in [0.1, 0.15) is 17.7 Å². The Balaban J connectivity index is 1.40. The van der Waals surface area contributed by atoms with Gasteiger partial charge >= 0.3 is 0 Å². The van der Waals surface area contributed by atoms with Crippen molar-refractivity contribution in [3.05, 3.63) is 48.5 Å². The highest BCUT2D eigenvalue weighted by molar-refractivity contribution is 5.84. The van der Waals surface area contributed by atoms with Crippen LogP contribution >= 0.6 is 0 Å². The highest BCUT2D eigenvalue weighted by atomic mass is 15.3. The van der Waals surface area contributed by atoms with Gasteiger partial charge in [0, 0.05) is 31.6 Å². The van der Waals surface area contributed by atoms with E-state index in [-0.39, 0.29) is 0 Å². The number of para-hydroxylation sites is 1. The molecule has 4 aromatic rings. The van der Waals surface area contributed by atoms with E-state index in [0.29, 0.717) is 5.65 Å². The minimum absolute atomic E-state index is 0.712. The molecule has 1 aliphatic heterocycles. The van der Waals surface area contributed by atoms with Gasteiger partial charge in [-0.25, -0.2) is 19.9 Å². The lowest BCUT2D eigenvalue weighted by molar-refractivity contribution is 0.643. The fourth-order valence-corrected chi connectivity index (χ4v) is 3.63. The molecule has 0 radical (unpaired) electrons. The number of pyridine rings is 1. The molecule has 5 rings (SSSR count). The molecule has 7 heteroatoms. The molecule has 26 heavy (non-hydrogen) atoms. The van der Waals surface area contributed by atoms with E-state index in [1.54, 1.807) is 12.7 Å². The Bertz CT molecular complexity index is 1080. The molecule has 130 valence electrons. The zero-order valence-electron chi connectivity index (χ0n) is 14.6. The minimum Gasteiger partial charge on any atom is -0.353 e. The summed E-state index contributed by atoms with van der Waals surface area (Å²) in [5.74, 6) is 1.98. The Labute approximate surface area is 150 Å². The number of rotatable bonds is 2. The summed E-state index contributed by atoms with van der Waals surface area (Å²) >= 11 is 0. The van der Waals surface area contributed by atoms with E-state index in [2.05, 4.69) is 60.9 Å². The molecule has 3 aromatic heterocycles. The fraction of sp³-hybridized carbons (Fsp3) is 0.263. The first-order valence-electron chi connectivity index (χ1n) is 8.80. The quantitative estimate of drug-likeness (QED) is 0.602. The third-order valence-electron chi connectivity index (χ3n) is 5.02. The molecule has 1 aromatic carbocycles. The molecule has 0 aliphatic carbocycles.